The maximum absolute atomic E-state index is 12.4. The Hall–Kier alpha value is -1.88. The molecule has 0 heterocycles. The number of fused-ring (bicyclic) bond motifs is 1. The third-order valence-electron chi connectivity index (χ3n) is 3.99. The molecule has 1 unspecified atom stereocenters. The summed E-state index contributed by atoms with van der Waals surface area (Å²) in [5.74, 6) is 0.291. The molecular weight excluding hydrogens is 300 g/mol. The van der Waals surface area contributed by atoms with Gasteiger partial charge in [0.1, 0.15) is 5.76 Å². The molecule has 1 aromatic carbocycles. The Morgan fingerprint density at radius 2 is 1.86 bits per heavy atom. The van der Waals surface area contributed by atoms with Crippen LogP contribution in [0.4, 0.5) is 0 Å². The van der Waals surface area contributed by atoms with Gasteiger partial charge in [-0.15, -0.1) is 0 Å². The van der Waals surface area contributed by atoms with Gasteiger partial charge in [-0.25, -0.2) is 0 Å². The molecule has 0 aliphatic heterocycles. The van der Waals surface area contributed by atoms with Crippen LogP contribution in [0.25, 0.3) is 0 Å². The molecule has 2 aliphatic rings. The highest BCUT2D eigenvalue weighted by Gasteiger charge is 2.27. The molecule has 22 heavy (non-hydrogen) atoms. The largest absolute Gasteiger partial charge is 0.384 e. The molecule has 1 atom stereocenters. The second-order valence-electron chi connectivity index (χ2n) is 5.95. The fourth-order valence-electron chi connectivity index (χ4n) is 2.91. The van der Waals surface area contributed by atoms with Gasteiger partial charge in [-0.05, 0) is 23.5 Å². The number of allylic oxidation sites excluding steroid dienone is 4. The van der Waals surface area contributed by atoms with E-state index in [-0.39, 0.29) is 22.4 Å². The average Bonchev–Trinajstić information content (AvgIpc) is 2.45. The molecule has 0 fully saturated rings. The first-order valence-electron chi connectivity index (χ1n) is 7.38. The number of hydrogen-bond acceptors (Lipinski definition) is 4. The molecule has 4 nitrogen and oxygen atoms in total. The van der Waals surface area contributed by atoms with Gasteiger partial charge >= 0.3 is 10.1 Å². The van der Waals surface area contributed by atoms with Crippen molar-refractivity contribution in [2.24, 2.45) is 5.92 Å². The van der Waals surface area contributed by atoms with E-state index in [1.807, 2.05) is 31.2 Å². The first kappa shape index (κ1) is 15.0. The SMILES string of the molecule is CC1CC(=O)C=C(OS(=O)(=O)C2=CCc3ccccc3C2)C1. The van der Waals surface area contributed by atoms with Crippen molar-refractivity contribution in [1.29, 1.82) is 0 Å². The number of hydrogen-bond donors (Lipinski definition) is 0. The number of carbonyl (C=O) groups is 1. The summed E-state index contributed by atoms with van der Waals surface area (Å²) in [6.45, 7) is 1.91. The summed E-state index contributed by atoms with van der Waals surface area (Å²) >= 11 is 0. The van der Waals surface area contributed by atoms with Crippen molar-refractivity contribution in [3.63, 3.8) is 0 Å². The molecule has 0 bridgehead atoms. The number of rotatable bonds is 3. The molecule has 0 amide bonds. The Labute approximate surface area is 130 Å². The first-order valence-corrected chi connectivity index (χ1v) is 8.78. The van der Waals surface area contributed by atoms with E-state index in [0.29, 0.717) is 25.7 Å². The highest BCUT2D eigenvalue weighted by Crippen LogP contribution is 2.29. The second kappa shape index (κ2) is 5.72. The fraction of sp³-hybridized carbons (Fsp3) is 0.353. The summed E-state index contributed by atoms with van der Waals surface area (Å²) in [5.41, 5.74) is 2.15. The van der Waals surface area contributed by atoms with Crippen LogP contribution in [0.3, 0.4) is 0 Å². The summed E-state index contributed by atoms with van der Waals surface area (Å²) in [7, 11) is -3.83. The summed E-state index contributed by atoms with van der Waals surface area (Å²) in [6.07, 6.45) is 4.87. The molecule has 0 radical (unpaired) electrons. The van der Waals surface area contributed by atoms with Crippen LogP contribution in [0.2, 0.25) is 0 Å². The number of carbonyl (C=O) groups excluding carboxylic acids is 1. The van der Waals surface area contributed by atoms with Gasteiger partial charge in [0.05, 0.1) is 4.91 Å². The van der Waals surface area contributed by atoms with Crippen LogP contribution < -0.4 is 0 Å². The molecule has 116 valence electrons. The second-order valence-corrected chi connectivity index (χ2v) is 7.55. The van der Waals surface area contributed by atoms with Crippen LogP contribution in [0.15, 0.2) is 47.1 Å². The average molecular weight is 318 g/mol. The van der Waals surface area contributed by atoms with Crippen LogP contribution in [0.1, 0.15) is 30.9 Å². The molecule has 1 aromatic rings. The van der Waals surface area contributed by atoms with E-state index in [2.05, 4.69) is 0 Å². The maximum Gasteiger partial charge on any atom is 0.335 e. The molecule has 0 saturated carbocycles. The summed E-state index contributed by atoms with van der Waals surface area (Å²) < 4.78 is 30.1. The van der Waals surface area contributed by atoms with Crippen molar-refractivity contribution in [2.45, 2.75) is 32.6 Å². The van der Waals surface area contributed by atoms with Crippen molar-refractivity contribution in [3.8, 4) is 0 Å². The predicted molar refractivity (Wildman–Crippen MR) is 83.4 cm³/mol. The molecule has 0 aromatic heterocycles. The van der Waals surface area contributed by atoms with Gasteiger partial charge in [0.2, 0.25) is 0 Å². The molecule has 3 rings (SSSR count). The summed E-state index contributed by atoms with van der Waals surface area (Å²) in [6, 6.07) is 7.78. The topological polar surface area (TPSA) is 60.4 Å². The van der Waals surface area contributed by atoms with Crippen LogP contribution in [-0.2, 0) is 31.9 Å². The van der Waals surface area contributed by atoms with Crippen LogP contribution in [-0.4, -0.2) is 14.2 Å². The minimum absolute atomic E-state index is 0.0769. The van der Waals surface area contributed by atoms with Crippen molar-refractivity contribution in [1.82, 2.24) is 0 Å². The third-order valence-corrected chi connectivity index (χ3v) is 5.38. The predicted octanol–water partition coefficient (Wildman–Crippen LogP) is 2.90. The van der Waals surface area contributed by atoms with Gasteiger partial charge in [0, 0.05) is 25.3 Å². The first-order chi connectivity index (χ1) is 10.4. The van der Waals surface area contributed by atoms with Gasteiger partial charge in [0.15, 0.2) is 5.78 Å². The summed E-state index contributed by atoms with van der Waals surface area (Å²) in [5, 5.41) is 0. The van der Waals surface area contributed by atoms with E-state index in [4.69, 9.17) is 4.18 Å². The Morgan fingerprint density at radius 3 is 2.59 bits per heavy atom. The standard InChI is InChI=1S/C17H18O4S/c1-12-8-15(18)11-16(9-12)21-22(19,20)17-7-6-13-4-2-3-5-14(13)10-17/h2-5,7,11-12H,6,8-10H2,1H3. The number of benzene rings is 1. The Kier molecular flexibility index (Phi) is 3.91. The molecule has 5 heteroatoms. The van der Waals surface area contributed by atoms with E-state index < -0.39 is 10.1 Å². The van der Waals surface area contributed by atoms with Crippen molar-refractivity contribution in [3.05, 3.63) is 58.2 Å². The zero-order chi connectivity index (χ0) is 15.7. The Bertz CT molecular complexity index is 772. The van der Waals surface area contributed by atoms with Gasteiger partial charge in [-0.1, -0.05) is 37.3 Å². The minimum Gasteiger partial charge on any atom is -0.384 e. The Morgan fingerprint density at radius 1 is 1.14 bits per heavy atom. The normalized spacial score (nSPS) is 21.7. The van der Waals surface area contributed by atoms with E-state index in [9.17, 15) is 13.2 Å². The van der Waals surface area contributed by atoms with Gasteiger partial charge < -0.3 is 4.18 Å². The molecular formula is C17H18O4S. The number of ketones is 1. The van der Waals surface area contributed by atoms with E-state index in [0.717, 1.165) is 11.1 Å². The van der Waals surface area contributed by atoms with Crippen LogP contribution in [0, 0.1) is 5.92 Å². The highest BCUT2D eigenvalue weighted by molar-refractivity contribution is 7.90. The highest BCUT2D eigenvalue weighted by atomic mass is 32.2. The monoisotopic (exact) mass is 318 g/mol. The zero-order valence-corrected chi connectivity index (χ0v) is 13.2. The van der Waals surface area contributed by atoms with Gasteiger partial charge in [-0.2, -0.15) is 8.42 Å². The lowest BCUT2D eigenvalue weighted by Crippen LogP contribution is -2.18. The van der Waals surface area contributed by atoms with Gasteiger partial charge in [0.25, 0.3) is 0 Å². The zero-order valence-electron chi connectivity index (χ0n) is 12.4. The summed E-state index contributed by atoms with van der Waals surface area (Å²) in [4.78, 5) is 11.8. The lowest BCUT2D eigenvalue weighted by Gasteiger charge is -2.21. The van der Waals surface area contributed by atoms with E-state index in [1.54, 1.807) is 6.08 Å². The maximum atomic E-state index is 12.4. The smallest absolute Gasteiger partial charge is 0.335 e. The third kappa shape index (κ3) is 3.14. The molecule has 2 aliphatic carbocycles. The van der Waals surface area contributed by atoms with E-state index in [1.165, 1.54) is 6.08 Å². The quantitative estimate of drug-likeness (QED) is 0.804. The fourth-order valence-corrected chi connectivity index (χ4v) is 4.04. The van der Waals surface area contributed by atoms with Gasteiger partial charge in [-0.3, -0.25) is 4.79 Å². The van der Waals surface area contributed by atoms with Crippen LogP contribution in [0.5, 0.6) is 0 Å². The molecule has 0 spiro atoms. The van der Waals surface area contributed by atoms with Crippen molar-refractivity contribution in [2.75, 3.05) is 0 Å². The van der Waals surface area contributed by atoms with Crippen molar-refractivity contribution < 1.29 is 17.4 Å². The van der Waals surface area contributed by atoms with Crippen molar-refractivity contribution >= 4 is 15.9 Å². The lowest BCUT2D eigenvalue weighted by molar-refractivity contribution is -0.116. The molecule has 0 saturated heterocycles. The minimum atomic E-state index is -3.83. The Balaban J connectivity index is 1.80. The molecule has 0 N–H and O–H groups in total. The van der Waals surface area contributed by atoms with Crippen LogP contribution >= 0.6 is 0 Å². The lowest BCUT2D eigenvalue weighted by atomic mass is 9.94. The van der Waals surface area contributed by atoms with E-state index >= 15 is 0 Å².